The fraction of sp³-hybridized carbons (Fsp3) is 0.333. The molecule has 1 aromatic heterocycles. The zero-order valence-electron chi connectivity index (χ0n) is 12.1. The largest absolute Gasteiger partial charge is 0.465 e. The first-order valence-electron chi connectivity index (χ1n) is 6.52. The first-order valence-corrected chi connectivity index (χ1v) is 7.32. The van der Waals surface area contributed by atoms with E-state index in [-0.39, 0.29) is 18.0 Å². The van der Waals surface area contributed by atoms with Gasteiger partial charge in [-0.2, -0.15) is 5.10 Å². The van der Waals surface area contributed by atoms with Crippen LogP contribution in [0, 0.1) is 5.82 Å². The summed E-state index contributed by atoms with van der Waals surface area (Å²) in [7, 11) is 1.23. The Kier molecular flexibility index (Phi) is 4.77. The van der Waals surface area contributed by atoms with Gasteiger partial charge in [-0.3, -0.25) is 4.68 Å². The van der Waals surface area contributed by atoms with E-state index < -0.39 is 11.8 Å². The Balaban J connectivity index is 2.32. The number of rotatable bonds is 4. The molecule has 2 rings (SSSR count). The van der Waals surface area contributed by atoms with E-state index >= 15 is 0 Å². The molecule has 6 heteroatoms. The van der Waals surface area contributed by atoms with Crippen molar-refractivity contribution in [3.63, 3.8) is 0 Å². The van der Waals surface area contributed by atoms with Gasteiger partial charge in [-0.05, 0) is 27.9 Å². The molecule has 0 saturated carbocycles. The SMILES string of the molecule is COC(=O)c1cccc(Cn2cc(Br)c(C(C)C)n2)c1F. The van der Waals surface area contributed by atoms with E-state index in [0.717, 1.165) is 10.2 Å². The number of halogens is 2. The predicted octanol–water partition coefficient (Wildman–Crippen LogP) is 3.74. The van der Waals surface area contributed by atoms with Crippen LogP contribution in [0.3, 0.4) is 0 Å². The highest BCUT2D eigenvalue weighted by Gasteiger charge is 2.16. The van der Waals surface area contributed by atoms with Gasteiger partial charge in [0.2, 0.25) is 0 Å². The molecule has 0 aliphatic heterocycles. The second kappa shape index (κ2) is 6.39. The van der Waals surface area contributed by atoms with Gasteiger partial charge < -0.3 is 4.74 Å². The summed E-state index contributed by atoms with van der Waals surface area (Å²) < 4.78 is 21.4. The summed E-state index contributed by atoms with van der Waals surface area (Å²) in [5.74, 6) is -0.979. The number of aromatic nitrogens is 2. The van der Waals surface area contributed by atoms with Crippen LogP contribution in [0.5, 0.6) is 0 Å². The number of carbonyl (C=O) groups excluding carboxylic acids is 1. The van der Waals surface area contributed by atoms with Crippen molar-refractivity contribution in [3.05, 3.63) is 51.5 Å². The molecular weight excluding hydrogens is 339 g/mol. The minimum atomic E-state index is -0.682. The van der Waals surface area contributed by atoms with Gasteiger partial charge in [0.15, 0.2) is 0 Å². The summed E-state index contributed by atoms with van der Waals surface area (Å²) in [5.41, 5.74) is 1.24. The molecule has 21 heavy (non-hydrogen) atoms. The average Bonchev–Trinajstić information content (AvgIpc) is 2.81. The van der Waals surface area contributed by atoms with Crippen LogP contribution in [0.15, 0.2) is 28.9 Å². The molecule has 0 aliphatic carbocycles. The number of esters is 1. The van der Waals surface area contributed by atoms with Crippen LogP contribution in [-0.4, -0.2) is 22.9 Å². The quantitative estimate of drug-likeness (QED) is 0.785. The van der Waals surface area contributed by atoms with Crippen molar-refractivity contribution >= 4 is 21.9 Å². The average molecular weight is 355 g/mol. The van der Waals surface area contributed by atoms with Gasteiger partial charge in [0.25, 0.3) is 0 Å². The second-order valence-corrected chi connectivity index (χ2v) is 5.84. The highest BCUT2D eigenvalue weighted by atomic mass is 79.9. The van der Waals surface area contributed by atoms with E-state index in [0.29, 0.717) is 5.56 Å². The normalized spacial score (nSPS) is 11.0. The second-order valence-electron chi connectivity index (χ2n) is 4.98. The molecule has 0 saturated heterocycles. The van der Waals surface area contributed by atoms with Gasteiger partial charge in [0, 0.05) is 11.8 Å². The van der Waals surface area contributed by atoms with Gasteiger partial charge in [-0.15, -0.1) is 0 Å². The highest BCUT2D eigenvalue weighted by molar-refractivity contribution is 9.10. The zero-order valence-corrected chi connectivity index (χ0v) is 13.6. The van der Waals surface area contributed by atoms with Crippen molar-refractivity contribution in [2.75, 3.05) is 7.11 Å². The van der Waals surface area contributed by atoms with E-state index in [2.05, 4.69) is 25.8 Å². The third-order valence-electron chi connectivity index (χ3n) is 3.11. The third-order valence-corrected chi connectivity index (χ3v) is 3.72. The van der Waals surface area contributed by atoms with Gasteiger partial charge in [-0.25, -0.2) is 9.18 Å². The fourth-order valence-corrected chi connectivity index (χ4v) is 2.80. The molecule has 0 atom stereocenters. The molecule has 1 aromatic carbocycles. The van der Waals surface area contributed by atoms with Crippen molar-refractivity contribution in [1.82, 2.24) is 9.78 Å². The molecule has 2 aromatic rings. The maximum Gasteiger partial charge on any atom is 0.340 e. The Morgan fingerprint density at radius 1 is 1.48 bits per heavy atom. The van der Waals surface area contributed by atoms with Crippen LogP contribution in [0.4, 0.5) is 4.39 Å². The summed E-state index contributed by atoms with van der Waals surface area (Å²) in [6.45, 7) is 4.33. The highest BCUT2D eigenvalue weighted by Crippen LogP contribution is 2.23. The monoisotopic (exact) mass is 354 g/mol. The number of carbonyl (C=O) groups is 1. The molecular formula is C15H16BrFN2O2. The van der Waals surface area contributed by atoms with Crippen molar-refractivity contribution in [1.29, 1.82) is 0 Å². The van der Waals surface area contributed by atoms with E-state index in [9.17, 15) is 9.18 Å². The molecule has 0 radical (unpaired) electrons. The number of methoxy groups -OCH3 is 1. The molecule has 0 aliphatic rings. The van der Waals surface area contributed by atoms with Crippen LogP contribution in [0.25, 0.3) is 0 Å². The number of ether oxygens (including phenoxy) is 1. The summed E-state index contributed by atoms with van der Waals surface area (Å²) >= 11 is 3.45. The van der Waals surface area contributed by atoms with E-state index in [1.807, 2.05) is 13.8 Å². The van der Waals surface area contributed by atoms with Gasteiger partial charge in [-0.1, -0.05) is 26.0 Å². The fourth-order valence-electron chi connectivity index (χ4n) is 2.03. The molecule has 0 bridgehead atoms. The van der Waals surface area contributed by atoms with Crippen LogP contribution in [-0.2, 0) is 11.3 Å². The van der Waals surface area contributed by atoms with Crippen LogP contribution >= 0.6 is 15.9 Å². The van der Waals surface area contributed by atoms with E-state index in [4.69, 9.17) is 0 Å². The van der Waals surface area contributed by atoms with Crippen molar-refractivity contribution in [3.8, 4) is 0 Å². The third kappa shape index (κ3) is 3.32. The Morgan fingerprint density at radius 2 is 2.19 bits per heavy atom. The van der Waals surface area contributed by atoms with Crippen LogP contribution in [0.2, 0.25) is 0 Å². The Bertz CT molecular complexity index is 668. The lowest BCUT2D eigenvalue weighted by Crippen LogP contribution is -2.09. The lowest BCUT2D eigenvalue weighted by Gasteiger charge is -2.07. The molecule has 112 valence electrons. The number of benzene rings is 1. The number of nitrogens with zero attached hydrogens (tertiary/aromatic N) is 2. The zero-order chi connectivity index (χ0) is 15.6. The Hall–Kier alpha value is -1.69. The minimum Gasteiger partial charge on any atom is -0.465 e. The maximum atomic E-state index is 14.3. The maximum absolute atomic E-state index is 14.3. The molecule has 0 unspecified atom stereocenters. The van der Waals surface area contributed by atoms with Crippen LogP contribution < -0.4 is 0 Å². The predicted molar refractivity (Wildman–Crippen MR) is 80.9 cm³/mol. The summed E-state index contributed by atoms with van der Waals surface area (Å²) in [6, 6.07) is 4.67. The van der Waals surface area contributed by atoms with Crippen molar-refractivity contribution in [2.24, 2.45) is 0 Å². The molecule has 4 nitrogen and oxygen atoms in total. The van der Waals surface area contributed by atoms with Crippen molar-refractivity contribution in [2.45, 2.75) is 26.3 Å². The summed E-state index contributed by atoms with van der Waals surface area (Å²) in [6.07, 6.45) is 1.81. The minimum absolute atomic E-state index is 0.0645. The van der Waals surface area contributed by atoms with Crippen molar-refractivity contribution < 1.29 is 13.9 Å². The smallest absolute Gasteiger partial charge is 0.340 e. The first kappa shape index (κ1) is 15.7. The standard InChI is InChI=1S/C15H16BrFN2O2/c1-9(2)14-12(16)8-19(18-14)7-10-5-4-6-11(13(10)17)15(20)21-3/h4-6,8-9H,7H2,1-3H3. The first-order chi connectivity index (χ1) is 9.93. The molecule has 0 fully saturated rings. The lowest BCUT2D eigenvalue weighted by molar-refractivity contribution is 0.0595. The van der Waals surface area contributed by atoms with Gasteiger partial charge in [0.05, 0.1) is 29.4 Å². The molecule has 0 amide bonds. The molecule has 1 heterocycles. The number of hydrogen-bond acceptors (Lipinski definition) is 3. The van der Waals surface area contributed by atoms with Crippen LogP contribution in [0.1, 0.15) is 41.4 Å². The number of hydrogen-bond donors (Lipinski definition) is 0. The Morgan fingerprint density at radius 3 is 2.76 bits per heavy atom. The van der Waals surface area contributed by atoms with Gasteiger partial charge in [0.1, 0.15) is 5.82 Å². The lowest BCUT2D eigenvalue weighted by atomic mass is 10.1. The van der Waals surface area contributed by atoms with E-state index in [1.165, 1.54) is 13.2 Å². The Labute approximate surface area is 131 Å². The van der Waals surface area contributed by atoms with E-state index in [1.54, 1.807) is 23.0 Å². The topological polar surface area (TPSA) is 44.1 Å². The molecule has 0 N–H and O–H groups in total. The summed E-state index contributed by atoms with van der Waals surface area (Å²) in [4.78, 5) is 11.5. The molecule has 0 spiro atoms. The summed E-state index contributed by atoms with van der Waals surface area (Å²) in [5, 5.41) is 4.43. The van der Waals surface area contributed by atoms with Gasteiger partial charge >= 0.3 is 5.97 Å².